The topological polar surface area (TPSA) is 54.4 Å². The predicted octanol–water partition coefficient (Wildman–Crippen LogP) is 3.25. The molecule has 1 aromatic carbocycles. The van der Waals surface area contributed by atoms with Gasteiger partial charge in [-0.15, -0.1) is 0 Å². The second-order valence-electron chi connectivity index (χ2n) is 6.61. The monoisotopic (exact) mass is 325 g/mol. The maximum absolute atomic E-state index is 10.4. The molecule has 3 heterocycles. The van der Waals surface area contributed by atoms with E-state index < -0.39 is 6.10 Å². The van der Waals surface area contributed by atoms with E-state index in [0.717, 1.165) is 30.9 Å². The van der Waals surface area contributed by atoms with Crippen molar-refractivity contribution in [1.29, 1.82) is 0 Å². The van der Waals surface area contributed by atoms with Crippen LogP contribution in [0.4, 0.5) is 0 Å². The molecule has 0 saturated carbocycles. The molecule has 4 rings (SSSR count). The van der Waals surface area contributed by atoms with Crippen LogP contribution in [0.5, 0.6) is 0 Å². The van der Waals surface area contributed by atoms with E-state index in [0.29, 0.717) is 18.2 Å². The third kappa shape index (κ3) is 2.85. The van der Waals surface area contributed by atoms with Gasteiger partial charge in [0.25, 0.3) is 0 Å². The van der Waals surface area contributed by atoms with Crippen LogP contribution < -0.4 is 0 Å². The number of imidazole rings is 1. The van der Waals surface area contributed by atoms with Gasteiger partial charge >= 0.3 is 0 Å². The van der Waals surface area contributed by atoms with Gasteiger partial charge in [-0.2, -0.15) is 0 Å². The van der Waals surface area contributed by atoms with E-state index in [1.54, 1.807) is 6.26 Å². The van der Waals surface area contributed by atoms with E-state index in [1.807, 2.05) is 24.3 Å². The van der Waals surface area contributed by atoms with E-state index in [2.05, 4.69) is 28.6 Å². The molecule has 1 aliphatic heterocycles. The summed E-state index contributed by atoms with van der Waals surface area (Å²) in [6.07, 6.45) is 4.06. The fourth-order valence-corrected chi connectivity index (χ4v) is 3.74. The first kappa shape index (κ1) is 15.4. The number of para-hydroxylation sites is 2. The Morgan fingerprint density at radius 3 is 2.96 bits per heavy atom. The molecule has 24 heavy (non-hydrogen) atoms. The summed E-state index contributed by atoms with van der Waals surface area (Å²) >= 11 is 0. The number of furan rings is 1. The van der Waals surface area contributed by atoms with Crippen LogP contribution in [0, 0.1) is 0 Å². The molecule has 126 valence electrons. The van der Waals surface area contributed by atoms with Crippen LogP contribution in [-0.4, -0.2) is 32.1 Å². The second kappa shape index (κ2) is 6.42. The van der Waals surface area contributed by atoms with Crippen molar-refractivity contribution in [2.45, 2.75) is 38.0 Å². The lowest BCUT2D eigenvalue weighted by molar-refractivity contribution is 0.0984. The minimum Gasteiger partial charge on any atom is -0.467 e. The molecule has 0 spiro atoms. The van der Waals surface area contributed by atoms with Gasteiger partial charge in [0.2, 0.25) is 0 Å². The maximum atomic E-state index is 10.4. The largest absolute Gasteiger partial charge is 0.467 e. The minimum atomic E-state index is -0.536. The van der Waals surface area contributed by atoms with E-state index in [9.17, 15) is 5.11 Å². The van der Waals surface area contributed by atoms with Crippen molar-refractivity contribution in [1.82, 2.24) is 14.5 Å². The zero-order valence-corrected chi connectivity index (χ0v) is 13.9. The average Bonchev–Trinajstić information content (AvgIpc) is 3.31. The highest BCUT2D eigenvalue weighted by Crippen LogP contribution is 2.29. The minimum absolute atomic E-state index is 0.366. The molecule has 1 saturated heterocycles. The summed E-state index contributed by atoms with van der Waals surface area (Å²) in [5.41, 5.74) is 2.21. The molecule has 3 aromatic rings. The van der Waals surface area contributed by atoms with Crippen molar-refractivity contribution < 1.29 is 9.52 Å². The van der Waals surface area contributed by atoms with E-state index >= 15 is 0 Å². The van der Waals surface area contributed by atoms with Crippen LogP contribution in [0.15, 0.2) is 47.1 Å². The molecule has 0 aliphatic carbocycles. The number of aryl methyl sites for hydroxylation is 1. The zero-order valence-electron chi connectivity index (χ0n) is 13.9. The number of aliphatic hydroxyl groups excluding tert-OH is 1. The summed E-state index contributed by atoms with van der Waals surface area (Å²) in [5, 5.41) is 10.4. The number of likely N-dealkylation sites (tertiary alicyclic amines) is 1. The molecule has 2 unspecified atom stereocenters. The summed E-state index contributed by atoms with van der Waals surface area (Å²) < 4.78 is 7.51. The zero-order chi connectivity index (χ0) is 16.5. The Balaban J connectivity index is 1.49. The molecule has 1 aliphatic rings. The Labute approximate surface area is 141 Å². The van der Waals surface area contributed by atoms with E-state index in [-0.39, 0.29) is 0 Å². The number of benzene rings is 1. The van der Waals surface area contributed by atoms with Gasteiger partial charge in [0.1, 0.15) is 17.7 Å². The highest BCUT2D eigenvalue weighted by molar-refractivity contribution is 5.75. The number of aliphatic hydroxyl groups is 1. The van der Waals surface area contributed by atoms with Gasteiger partial charge in [-0.05, 0) is 50.1 Å². The van der Waals surface area contributed by atoms with Crippen molar-refractivity contribution in [3.05, 3.63) is 54.2 Å². The van der Waals surface area contributed by atoms with Gasteiger partial charge in [0.05, 0.1) is 23.8 Å². The first-order valence-corrected chi connectivity index (χ1v) is 8.58. The van der Waals surface area contributed by atoms with Crippen LogP contribution in [0.3, 0.4) is 0 Å². The predicted molar refractivity (Wildman–Crippen MR) is 92.4 cm³/mol. The highest BCUT2D eigenvalue weighted by Gasteiger charge is 2.29. The quantitative estimate of drug-likeness (QED) is 0.782. The first-order chi connectivity index (χ1) is 11.7. The lowest BCUT2D eigenvalue weighted by atomic mass is 10.1. The highest BCUT2D eigenvalue weighted by atomic mass is 16.4. The van der Waals surface area contributed by atoms with Crippen LogP contribution in [-0.2, 0) is 13.6 Å². The van der Waals surface area contributed by atoms with Crippen LogP contribution in [0.2, 0.25) is 0 Å². The standard InChI is InChI=1S/C19H23N3O2/c1-21-16-8-3-2-7-15(16)20-19(21)13-22-10-4-6-14(22)12-17(23)18-9-5-11-24-18/h2-3,5,7-9,11,14,17,23H,4,6,10,12-13H2,1H3. The molecular weight excluding hydrogens is 302 g/mol. The van der Waals surface area contributed by atoms with Gasteiger partial charge in [0.15, 0.2) is 0 Å². The lowest BCUT2D eigenvalue weighted by Crippen LogP contribution is -2.31. The third-order valence-corrected chi connectivity index (χ3v) is 5.09. The number of rotatable bonds is 5. The molecule has 2 aromatic heterocycles. The number of hydrogen-bond acceptors (Lipinski definition) is 4. The molecule has 5 heteroatoms. The Kier molecular flexibility index (Phi) is 4.12. The van der Waals surface area contributed by atoms with E-state index in [4.69, 9.17) is 9.40 Å². The molecule has 0 bridgehead atoms. The fourth-order valence-electron chi connectivity index (χ4n) is 3.74. The Morgan fingerprint density at radius 2 is 2.17 bits per heavy atom. The fraction of sp³-hybridized carbons (Fsp3) is 0.421. The van der Waals surface area contributed by atoms with Crippen LogP contribution in [0.25, 0.3) is 11.0 Å². The summed E-state index contributed by atoms with van der Waals surface area (Å²) in [6, 6.07) is 12.3. The van der Waals surface area contributed by atoms with Crippen LogP contribution >= 0.6 is 0 Å². The van der Waals surface area contributed by atoms with Gasteiger partial charge in [-0.1, -0.05) is 12.1 Å². The molecule has 0 amide bonds. The number of nitrogens with zero attached hydrogens (tertiary/aromatic N) is 3. The van der Waals surface area contributed by atoms with Gasteiger partial charge in [-0.3, -0.25) is 4.90 Å². The van der Waals surface area contributed by atoms with Crippen molar-refractivity contribution in [2.24, 2.45) is 7.05 Å². The van der Waals surface area contributed by atoms with Crippen LogP contribution in [0.1, 0.15) is 37.0 Å². The van der Waals surface area contributed by atoms with Gasteiger partial charge < -0.3 is 14.1 Å². The molecule has 5 nitrogen and oxygen atoms in total. The number of hydrogen-bond donors (Lipinski definition) is 1. The molecule has 1 fully saturated rings. The summed E-state index contributed by atoms with van der Waals surface area (Å²) in [4.78, 5) is 7.22. The smallest absolute Gasteiger partial charge is 0.132 e. The normalized spacial score (nSPS) is 20.0. The van der Waals surface area contributed by atoms with Crippen molar-refractivity contribution in [3.8, 4) is 0 Å². The maximum Gasteiger partial charge on any atom is 0.132 e. The van der Waals surface area contributed by atoms with E-state index in [1.165, 1.54) is 11.9 Å². The SMILES string of the molecule is Cn1c(CN2CCCC2CC(O)c2ccco2)nc2ccccc21. The van der Waals surface area contributed by atoms with Crippen molar-refractivity contribution >= 4 is 11.0 Å². The Hall–Kier alpha value is -2.11. The second-order valence-corrected chi connectivity index (χ2v) is 6.61. The molecule has 1 N–H and O–H groups in total. The summed E-state index contributed by atoms with van der Waals surface area (Å²) in [7, 11) is 2.08. The number of aromatic nitrogens is 2. The van der Waals surface area contributed by atoms with Gasteiger partial charge in [-0.25, -0.2) is 4.98 Å². The molecular formula is C19H23N3O2. The van der Waals surface area contributed by atoms with Crippen molar-refractivity contribution in [3.63, 3.8) is 0 Å². The Morgan fingerprint density at radius 1 is 1.29 bits per heavy atom. The molecule has 2 atom stereocenters. The summed E-state index contributed by atoms with van der Waals surface area (Å²) in [6.45, 7) is 1.87. The lowest BCUT2D eigenvalue weighted by Gasteiger charge is -2.25. The summed E-state index contributed by atoms with van der Waals surface area (Å²) in [5.74, 6) is 1.74. The average molecular weight is 325 g/mol. The third-order valence-electron chi connectivity index (χ3n) is 5.09. The Bertz CT molecular complexity index is 809. The first-order valence-electron chi connectivity index (χ1n) is 8.58. The van der Waals surface area contributed by atoms with Gasteiger partial charge in [0, 0.05) is 13.1 Å². The van der Waals surface area contributed by atoms with Crippen molar-refractivity contribution in [2.75, 3.05) is 6.54 Å². The number of fused-ring (bicyclic) bond motifs is 1. The molecule has 0 radical (unpaired) electrons.